The molecule has 0 saturated heterocycles. The first-order valence-electron chi connectivity index (χ1n) is 10.4. The van der Waals surface area contributed by atoms with Gasteiger partial charge in [-0.05, 0) is 55.0 Å². The van der Waals surface area contributed by atoms with Gasteiger partial charge >= 0.3 is 5.97 Å². The number of hydrogen-bond acceptors (Lipinski definition) is 6. The fraction of sp³-hybridized carbons (Fsp3) is 0.115. The Labute approximate surface area is 195 Å². The van der Waals surface area contributed by atoms with E-state index in [9.17, 15) is 9.59 Å². The molecule has 1 heterocycles. The fourth-order valence-electron chi connectivity index (χ4n) is 3.17. The third kappa shape index (κ3) is 5.64. The smallest absolute Gasteiger partial charge is 0.341 e. The summed E-state index contributed by atoms with van der Waals surface area (Å²) < 4.78 is 11.8. The molecule has 1 amide bonds. The minimum Gasteiger partial charge on any atom is -0.484 e. The van der Waals surface area contributed by atoms with E-state index in [1.165, 1.54) is 11.3 Å². The van der Waals surface area contributed by atoms with Gasteiger partial charge in [-0.2, -0.15) is 0 Å². The number of anilines is 1. The summed E-state index contributed by atoms with van der Waals surface area (Å²) in [4.78, 5) is 29.1. The molecule has 0 radical (unpaired) electrons. The Morgan fingerprint density at radius 1 is 0.970 bits per heavy atom. The molecule has 0 aliphatic rings. The molecule has 1 N–H and O–H groups in total. The van der Waals surface area contributed by atoms with Crippen LogP contribution >= 0.6 is 11.3 Å². The van der Waals surface area contributed by atoms with Crippen LogP contribution in [0.25, 0.3) is 10.1 Å². The van der Waals surface area contributed by atoms with Gasteiger partial charge in [-0.1, -0.05) is 36.4 Å². The van der Waals surface area contributed by atoms with Crippen LogP contribution in [0.2, 0.25) is 0 Å². The number of aliphatic imine (C=N–C) groups is 1. The lowest BCUT2D eigenvalue weighted by Crippen LogP contribution is -2.20. The van der Waals surface area contributed by atoms with Crippen molar-refractivity contribution >= 4 is 50.2 Å². The van der Waals surface area contributed by atoms with Crippen molar-refractivity contribution in [3.63, 3.8) is 0 Å². The maximum atomic E-state index is 12.5. The second kappa shape index (κ2) is 10.6. The minimum atomic E-state index is -0.375. The van der Waals surface area contributed by atoms with Crippen molar-refractivity contribution in [2.24, 2.45) is 4.99 Å². The summed E-state index contributed by atoms with van der Waals surface area (Å²) in [7, 11) is 0. The number of hydrogen-bond donors (Lipinski definition) is 1. The van der Waals surface area contributed by atoms with Crippen LogP contribution in [0.4, 0.5) is 10.7 Å². The predicted octanol–water partition coefficient (Wildman–Crippen LogP) is 5.85. The Hall–Kier alpha value is -3.97. The molecule has 3 aromatic carbocycles. The highest BCUT2D eigenvalue weighted by Crippen LogP contribution is 2.38. The fourth-order valence-corrected chi connectivity index (χ4v) is 4.21. The van der Waals surface area contributed by atoms with Crippen LogP contribution in [-0.2, 0) is 9.53 Å². The maximum absolute atomic E-state index is 12.5. The van der Waals surface area contributed by atoms with E-state index < -0.39 is 0 Å². The van der Waals surface area contributed by atoms with E-state index in [2.05, 4.69) is 10.3 Å². The van der Waals surface area contributed by atoms with Crippen LogP contribution < -0.4 is 10.1 Å². The first-order valence-corrected chi connectivity index (χ1v) is 11.3. The molecular weight excluding hydrogens is 436 g/mol. The van der Waals surface area contributed by atoms with Crippen LogP contribution in [0, 0.1) is 0 Å². The normalized spacial score (nSPS) is 10.9. The first kappa shape index (κ1) is 22.2. The van der Waals surface area contributed by atoms with Gasteiger partial charge in [-0.3, -0.25) is 4.79 Å². The summed E-state index contributed by atoms with van der Waals surface area (Å²) in [5.41, 5.74) is 2.04. The predicted molar refractivity (Wildman–Crippen MR) is 132 cm³/mol. The van der Waals surface area contributed by atoms with Crippen molar-refractivity contribution in [3.8, 4) is 5.75 Å². The topological polar surface area (TPSA) is 77.0 Å². The number of ether oxygens (including phenoxy) is 2. The number of nitrogens with zero attached hydrogens (tertiary/aromatic N) is 1. The molecule has 0 bridgehead atoms. The third-order valence-electron chi connectivity index (χ3n) is 4.69. The molecule has 0 aliphatic carbocycles. The lowest BCUT2D eigenvalue weighted by atomic mass is 10.1. The Kier molecular flexibility index (Phi) is 7.12. The summed E-state index contributed by atoms with van der Waals surface area (Å²) in [6, 6.07) is 24.1. The molecule has 4 rings (SSSR count). The van der Waals surface area contributed by atoms with Crippen molar-refractivity contribution in [2.75, 3.05) is 18.5 Å². The number of benzene rings is 3. The molecule has 166 valence electrons. The number of para-hydroxylation sites is 1. The average molecular weight is 459 g/mol. The first-order chi connectivity index (χ1) is 16.1. The zero-order chi connectivity index (χ0) is 23.0. The largest absolute Gasteiger partial charge is 0.484 e. The zero-order valence-corrected chi connectivity index (χ0v) is 18.8. The number of amides is 1. The van der Waals surface area contributed by atoms with Crippen molar-refractivity contribution in [2.45, 2.75) is 6.92 Å². The second-order valence-electron chi connectivity index (χ2n) is 7.03. The van der Waals surface area contributed by atoms with Gasteiger partial charge in [0.05, 0.1) is 6.61 Å². The van der Waals surface area contributed by atoms with Crippen LogP contribution in [0.15, 0.2) is 83.9 Å². The van der Waals surface area contributed by atoms with E-state index in [4.69, 9.17) is 9.47 Å². The summed E-state index contributed by atoms with van der Waals surface area (Å²) in [6.07, 6.45) is 1.69. The number of carbonyl (C=O) groups excluding carboxylic acids is 2. The molecule has 0 fully saturated rings. The Balaban J connectivity index is 1.42. The summed E-state index contributed by atoms with van der Waals surface area (Å²) in [5, 5.41) is 4.22. The highest BCUT2D eigenvalue weighted by molar-refractivity contribution is 7.23. The quantitative estimate of drug-likeness (QED) is 0.266. The molecule has 7 heteroatoms. The lowest BCUT2D eigenvalue weighted by molar-refractivity contribution is -0.118. The van der Waals surface area contributed by atoms with Crippen molar-refractivity contribution in [1.82, 2.24) is 0 Å². The van der Waals surface area contributed by atoms with Crippen LogP contribution in [0.3, 0.4) is 0 Å². The molecule has 4 aromatic rings. The molecular formula is C26H22N2O4S. The van der Waals surface area contributed by atoms with Crippen LogP contribution in [-0.4, -0.2) is 31.3 Å². The second-order valence-corrected chi connectivity index (χ2v) is 8.06. The molecule has 33 heavy (non-hydrogen) atoms. The Morgan fingerprint density at radius 3 is 2.45 bits per heavy atom. The van der Waals surface area contributed by atoms with Gasteiger partial charge in [0.25, 0.3) is 5.91 Å². The SMILES string of the molecule is CCOC(=O)c1c(N=Cc2ccc(OCC(=O)Nc3ccccc3)cc2)sc2ccccc12. The number of rotatable bonds is 8. The third-order valence-corrected chi connectivity index (χ3v) is 5.77. The highest BCUT2D eigenvalue weighted by atomic mass is 32.1. The van der Waals surface area contributed by atoms with Gasteiger partial charge in [0.2, 0.25) is 0 Å². The maximum Gasteiger partial charge on any atom is 0.341 e. The van der Waals surface area contributed by atoms with E-state index in [1.54, 1.807) is 25.3 Å². The molecule has 0 aliphatic heterocycles. The van der Waals surface area contributed by atoms with Crippen molar-refractivity contribution in [3.05, 3.63) is 90.0 Å². The minimum absolute atomic E-state index is 0.0903. The lowest BCUT2D eigenvalue weighted by Gasteiger charge is -2.07. The van der Waals surface area contributed by atoms with Crippen LogP contribution in [0.5, 0.6) is 5.75 Å². The van der Waals surface area contributed by atoms with E-state index >= 15 is 0 Å². The molecule has 0 atom stereocenters. The van der Waals surface area contributed by atoms with E-state index in [-0.39, 0.29) is 18.5 Å². The number of thiophene rings is 1. The number of carbonyl (C=O) groups is 2. The van der Waals surface area contributed by atoms with Crippen LogP contribution in [0.1, 0.15) is 22.8 Å². The molecule has 0 spiro atoms. The number of nitrogens with one attached hydrogen (secondary N) is 1. The number of esters is 1. The summed E-state index contributed by atoms with van der Waals surface area (Å²) in [5.74, 6) is -0.0350. The van der Waals surface area contributed by atoms with E-state index in [0.717, 1.165) is 21.3 Å². The van der Waals surface area contributed by atoms with Crippen molar-refractivity contribution in [1.29, 1.82) is 0 Å². The van der Waals surface area contributed by atoms with E-state index in [1.807, 2.05) is 66.7 Å². The zero-order valence-electron chi connectivity index (χ0n) is 18.0. The van der Waals surface area contributed by atoms with Gasteiger partial charge in [-0.15, -0.1) is 11.3 Å². The van der Waals surface area contributed by atoms with Gasteiger partial charge in [0.1, 0.15) is 16.3 Å². The average Bonchev–Trinajstić information content (AvgIpc) is 3.21. The Bertz CT molecular complexity index is 1280. The Morgan fingerprint density at radius 2 is 1.70 bits per heavy atom. The molecule has 6 nitrogen and oxygen atoms in total. The van der Waals surface area contributed by atoms with Gasteiger partial charge in [0, 0.05) is 22.0 Å². The molecule has 0 unspecified atom stereocenters. The van der Waals surface area contributed by atoms with Gasteiger partial charge < -0.3 is 14.8 Å². The standard InChI is InChI=1S/C26H22N2O4S/c1-2-31-26(30)24-21-10-6-7-11-22(21)33-25(24)27-16-18-12-14-20(15-13-18)32-17-23(29)28-19-8-4-3-5-9-19/h3-16H,2,17H2,1H3,(H,28,29). The summed E-state index contributed by atoms with van der Waals surface area (Å²) in [6.45, 7) is 1.99. The number of fused-ring (bicyclic) bond motifs is 1. The van der Waals surface area contributed by atoms with Crippen molar-refractivity contribution < 1.29 is 19.1 Å². The monoisotopic (exact) mass is 458 g/mol. The molecule has 0 saturated carbocycles. The van der Waals surface area contributed by atoms with Gasteiger partial charge in [-0.25, -0.2) is 9.79 Å². The molecule has 1 aromatic heterocycles. The van der Waals surface area contributed by atoms with E-state index in [0.29, 0.717) is 22.9 Å². The highest BCUT2D eigenvalue weighted by Gasteiger charge is 2.19. The summed E-state index contributed by atoms with van der Waals surface area (Å²) >= 11 is 1.44. The van der Waals surface area contributed by atoms with Gasteiger partial charge in [0.15, 0.2) is 6.61 Å².